The van der Waals surface area contributed by atoms with Crippen molar-refractivity contribution < 1.29 is 32.2 Å². The van der Waals surface area contributed by atoms with Crippen molar-refractivity contribution in [1.29, 1.82) is 0 Å². The Labute approximate surface area is 210 Å². The normalized spacial score (nSPS) is 16.4. The highest BCUT2D eigenvalue weighted by atomic mass is 32.2. The van der Waals surface area contributed by atoms with Gasteiger partial charge in [0.05, 0.1) is 43.4 Å². The highest BCUT2D eigenvalue weighted by Crippen LogP contribution is 2.34. The van der Waals surface area contributed by atoms with Gasteiger partial charge in [0.15, 0.2) is 11.5 Å². The van der Waals surface area contributed by atoms with Crippen LogP contribution in [0.4, 0.5) is 5.69 Å². The van der Waals surface area contributed by atoms with Gasteiger partial charge in [-0.05, 0) is 35.7 Å². The lowest BCUT2D eigenvalue weighted by Crippen LogP contribution is -2.43. The number of hydrogen-bond donors (Lipinski definition) is 1. The average Bonchev–Trinajstić information content (AvgIpc) is 2.92. The molecule has 0 radical (unpaired) electrons. The number of rotatable bonds is 7. The van der Waals surface area contributed by atoms with Gasteiger partial charge in [-0.1, -0.05) is 30.3 Å². The summed E-state index contributed by atoms with van der Waals surface area (Å²) in [6.07, 6.45) is 1.04. The van der Waals surface area contributed by atoms with Crippen LogP contribution in [0.2, 0.25) is 0 Å². The number of anilines is 1. The molecule has 0 aliphatic carbocycles. The second-order valence-electron chi connectivity index (χ2n) is 8.44. The largest absolute Gasteiger partial charge is 0.493 e. The van der Waals surface area contributed by atoms with E-state index in [0.29, 0.717) is 30.9 Å². The minimum atomic E-state index is -3.80. The second kappa shape index (κ2) is 10.5. The Hall–Kier alpha value is -3.63. The first kappa shape index (κ1) is 25.5. The van der Waals surface area contributed by atoms with Crippen molar-refractivity contribution in [2.24, 2.45) is 5.92 Å². The minimum Gasteiger partial charge on any atom is -0.493 e. The van der Waals surface area contributed by atoms with Gasteiger partial charge in [-0.25, -0.2) is 13.2 Å². The van der Waals surface area contributed by atoms with Gasteiger partial charge in [0.25, 0.3) is 0 Å². The molecular weight excluding hydrogens is 484 g/mol. The summed E-state index contributed by atoms with van der Waals surface area (Å²) in [7, 11) is 0.319. The minimum absolute atomic E-state index is 0.0296. The van der Waals surface area contributed by atoms with Crippen LogP contribution in [0.3, 0.4) is 0 Å². The lowest BCUT2D eigenvalue weighted by molar-refractivity contribution is -0.120. The van der Waals surface area contributed by atoms with Gasteiger partial charge in [0.1, 0.15) is 0 Å². The van der Waals surface area contributed by atoms with Crippen molar-refractivity contribution in [3.63, 3.8) is 0 Å². The molecule has 1 saturated heterocycles. The SMILES string of the molecule is COC(=O)c1cc(OC)c(OC)cc1NC(=O)[C@@H]1CCCN(S(=O)(=O)c2ccc3ccccc3c2)C1. The third kappa shape index (κ3) is 5.00. The fourth-order valence-corrected chi connectivity index (χ4v) is 5.91. The van der Waals surface area contributed by atoms with E-state index in [2.05, 4.69) is 5.32 Å². The van der Waals surface area contributed by atoms with Gasteiger partial charge in [-0.15, -0.1) is 0 Å². The number of ether oxygens (including phenoxy) is 3. The Morgan fingerprint density at radius 3 is 2.33 bits per heavy atom. The zero-order chi connectivity index (χ0) is 25.9. The smallest absolute Gasteiger partial charge is 0.340 e. The molecule has 1 atom stereocenters. The third-order valence-corrected chi connectivity index (χ3v) is 8.16. The standard InChI is InChI=1S/C26H28N2O7S/c1-33-23-14-21(26(30)35-3)22(15-24(23)34-2)27-25(29)19-9-6-12-28(16-19)36(31,32)20-11-10-17-7-4-5-8-18(17)13-20/h4-5,7-8,10-11,13-15,19H,6,9,12,16H2,1-3H3,(H,27,29)/t19-/m1/s1. The van der Waals surface area contributed by atoms with E-state index >= 15 is 0 Å². The van der Waals surface area contributed by atoms with Crippen LogP contribution in [0.5, 0.6) is 11.5 Å². The predicted octanol–water partition coefficient (Wildman–Crippen LogP) is 3.68. The molecule has 1 amide bonds. The van der Waals surface area contributed by atoms with E-state index in [1.165, 1.54) is 37.8 Å². The Morgan fingerprint density at radius 2 is 1.64 bits per heavy atom. The van der Waals surface area contributed by atoms with E-state index in [-0.39, 0.29) is 22.7 Å². The Bertz CT molecular complexity index is 1400. The molecule has 0 bridgehead atoms. The summed E-state index contributed by atoms with van der Waals surface area (Å²) in [5, 5.41) is 4.54. The van der Waals surface area contributed by atoms with E-state index in [0.717, 1.165) is 10.8 Å². The van der Waals surface area contributed by atoms with Crippen LogP contribution in [0, 0.1) is 5.92 Å². The molecule has 4 rings (SSSR count). The monoisotopic (exact) mass is 512 g/mol. The number of piperidine rings is 1. The molecule has 3 aromatic carbocycles. The van der Waals surface area contributed by atoms with Gasteiger partial charge >= 0.3 is 5.97 Å². The van der Waals surface area contributed by atoms with Crippen molar-refractivity contribution in [2.45, 2.75) is 17.7 Å². The number of esters is 1. The fraction of sp³-hybridized carbons (Fsp3) is 0.308. The number of nitrogens with zero attached hydrogens (tertiary/aromatic N) is 1. The summed E-state index contributed by atoms with van der Waals surface area (Å²) in [4.78, 5) is 25.7. The van der Waals surface area contributed by atoms with E-state index in [4.69, 9.17) is 14.2 Å². The molecule has 1 fully saturated rings. The summed E-state index contributed by atoms with van der Waals surface area (Å²) in [6.45, 7) is 0.352. The van der Waals surface area contributed by atoms with Crippen LogP contribution in [-0.2, 0) is 19.6 Å². The zero-order valence-electron chi connectivity index (χ0n) is 20.3. The maximum Gasteiger partial charge on any atom is 0.340 e. The first-order valence-corrected chi connectivity index (χ1v) is 12.9. The highest BCUT2D eigenvalue weighted by Gasteiger charge is 2.34. The molecule has 10 heteroatoms. The maximum absolute atomic E-state index is 13.4. The van der Waals surface area contributed by atoms with Crippen LogP contribution >= 0.6 is 0 Å². The van der Waals surface area contributed by atoms with Gasteiger partial charge < -0.3 is 19.5 Å². The number of nitrogens with one attached hydrogen (secondary N) is 1. The molecule has 1 aliphatic heterocycles. The third-order valence-electron chi connectivity index (χ3n) is 6.30. The van der Waals surface area contributed by atoms with Crippen molar-refractivity contribution in [3.8, 4) is 11.5 Å². The summed E-state index contributed by atoms with van der Waals surface area (Å²) in [5.41, 5.74) is 0.291. The number of amides is 1. The molecule has 1 aliphatic rings. The molecule has 0 saturated carbocycles. The first-order chi connectivity index (χ1) is 17.3. The van der Waals surface area contributed by atoms with Gasteiger partial charge in [-0.2, -0.15) is 4.31 Å². The summed E-state index contributed by atoms with van der Waals surface area (Å²) >= 11 is 0. The lowest BCUT2D eigenvalue weighted by Gasteiger charge is -2.31. The average molecular weight is 513 g/mol. The topological polar surface area (TPSA) is 111 Å². The second-order valence-corrected chi connectivity index (χ2v) is 10.4. The molecule has 0 aromatic heterocycles. The number of sulfonamides is 1. The molecule has 190 valence electrons. The first-order valence-electron chi connectivity index (χ1n) is 11.4. The van der Waals surface area contributed by atoms with Crippen LogP contribution in [0.15, 0.2) is 59.5 Å². The van der Waals surface area contributed by atoms with Crippen molar-refractivity contribution in [1.82, 2.24) is 4.31 Å². The zero-order valence-corrected chi connectivity index (χ0v) is 21.1. The molecule has 3 aromatic rings. The highest BCUT2D eigenvalue weighted by molar-refractivity contribution is 7.89. The maximum atomic E-state index is 13.4. The van der Waals surface area contributed by atoms with E-state index < -0.39 is 27.8 Å². The number of carbonyl (C=O) groups excluding carboxylic acids is 2. The van der Waals surface area contributed by atoms with Crippen LogP contribution in [-0.4, -0.2) is 59.0 Å². The van der Waals surface area contributed by atoms with Gasteiger partial charge in [0.2, 0.25) is 15.9 Å². The van der Waals surface area contributed by atoms with Crippen LogP contribution in [0.1, 0.15) is 23.2 Å². The number of hydrogen-bond acceptors (Lipinski definition) is 7. The number of carbonyl (C=O) groups is 2. The molecule has 1 heterocycles. The van der Waals surface area contributed by atoms with E-state index in [9.17, 15) is 18.0 Å². The summed E-state index contributed by atoms with van der Waals surface area (Å²) in [6, 6.07) is 15.5. The number of fused-ring (bicyclic) bond motifs is 1. The lowest BCUT2D eigenvalue weighted by atomic mass is 9.98. The predicted molar refractivity (Wildman–Crippen MR) is 135 cm³/mol. The molecule has 9 nitrogen and oxygen atoms in total. The van der Waals surface area contributed by atoms with Gasteiger partial charge in [-0.3, -0.25) is 4.79 Å². The number of benzene rings is 3. The van der Waals surface area contributed by atoms with Crippen molar-refractivity contribution in [2.75, 3.05) is 39.7 Å². The Kier molecular flexibility index (Phi) is 7.46. The van der Waals surface area contributed by atoms with Crippen LogP contribution < -0.4 is 14.8 Å². The summed E-state index contributed by atoms with van der Waals surface area (Å²) in [5.74, 6) is -1.03. The molecular formula is C26H28N2O7S. The quantitative estimate of drug-likeness (QED) is 0.481. The van der Waals surface area contributed by atoms with Crippen molar-refractivity contribution in [3.05, 3.63) is 60.2 Å². The van der Waals surface area contributed by atoms with E-state index in [1.54, 1.807) is 18.2 Å². The fourth-order valence-electron chi connectivity index (χ4n) is 4.35. The van der Waals surface area contributed by atoms with Gasteiger partial charge in [0, 0.05) is 25.2 Å². The van der Waals surface area contributed by atoms with Crippen LogP contribution in [0.25, 0.3) is 10.8 Å². The van der Waals surface area contributed by atoms with Crippen molar-refractivity contribution >= 4 is 38.4 Å². The Balaban J connectivity index is 1.57. The molecule has 1 N–H and O–H groups in total. The molecule has 0 unspecified atom stereocenters. The molecule has 36 heavy (non-hydrogen) atoms. The number of methoxy groups -OCH3 is 3. The molecule has 0 spiro atoms. The Morgan fingerprint density at radius 1 is 0.944 bits per heavy atom. The van der Waals surface area contributed by atoms with E-state index in [1.807, 2.05) is 24.3 Å². The summed E-state index contributed by atoms with van der Waals surface area (Å²) < 4.78 is 43.5.